The van der Waals surface area contributed by atoms with Gasteiger partial charge in [0, 0.05) is 16.8 Å². The van der Waals surface area contributed by atoms with E-state index in [4.69, 9.17) is 9.47 Å². The lowest BCUT2D eigenvalue weighted by atomic mass is 10.1. The van der Waals surface area contributed by atoms with Gasteiger partial charge in [-0.25, -0.2) is 0 Å². The molecule has 1 unspecified atom stereocenters. The third-order valence-electron chi connectivity index (χ3n) is 4.77. The number of ether oxygens (including phenoxy) is 2. The van der Waals surface area contributed by atoms with Crippen molar-refractivity contribution in [1.29, 1.82) is 0 Å². The Labute approximate surface area is 198 Å². The number of halogens is 3. The van der Waals surface area contributed by atoms with Gasteiger partial charge in [-0.2, -0.15) is 13.2 Å². The number of carbonyl (C=O) groups is 3. The normalized spacial score (nSPS) is 11.8. The van der Waals surface area contributed by atoms with Crippen LogP contribution in [0.1, 0.15) is 27.6 Å². The van der Waals surface area contributed by atoms with Crippen LogP contribution in [-0.2, 0) is 20.5 Å². The van der Waals surface area contributed by atoms with E-state index in [1.807, 2.05) is 0 Å². The largest absolute Gasteiger partial charge is 0.497 e. The van der Waals surface area contributed by atoms with E-state index in [-0.39, 0.29) is 11.3 Å². The Morgan fingerprint density at radius 3 is 2.31 bits per heavy atom. The number of nitrogens with one attached hydrogen (secondary N) is 2. The zero-order valence-electron chi connectivity index (χ0n) is 18.5. The number of methoxy groups -OCH3 is 1. The number of anilines is 1. The number of hydrogen-bond acceptors (Lipinski definition) is 5. The van der Waals surface area contributed by atoms with Crippen LogP contribution in [0.15, 0.2) is 78.9 Å². The van der Waals surface area contributed by atoms with Crippen LogP contribution in [0.25, 0.3) is 0 Å². The van der Waals surface area contributed by atoms with Crippen LogP contribution >= 0.6 is 0 Å². The molecule has 10 heteroatoms. The highest BCUT2D eigenvalue weighted by molar-refractivity contribution is 5.98. The Hall–Kier alpha value is -4.34. The second-order valence-corrected chi connectivity index (χ2v) is 7.26. The monoisotopic (exact) mass is 486 g/mol. The van der Waals surface area contributed by atoms with Crippen LogP contribution in [0.5, 0.6) is 5.75 Å². The molecule has 3 aromatic carbocycles. The summed E-state index contributed by atoms with van der Waals surface area (Å²) >= 11 is 0. The standard InChI is InChI=1S/C25H21F3N2O5/c1-34-20-12-5-9-17(13-20)23(32)29-15-21(31)35-22(16-7-3-2-4-8-16)24(33)30-19-11-6-10-18(14-19)25(26,27)28/h2-14,22H,15H2,1H3,(H,29,32)(H,30,33). The molecular formula is C25H21F3N2O5. The first-order chi connectivity index (χ1) is 16.7. The van der Waals surface area contributed by atoms with Crippen molar-refractivity contribution in [3.05, 3.63) is 95.6 Å². The van der Waals surface area contributed by atoms with Gasteiger partial charge in [0.15, 0.2) is 0 Å². The molecule has 0 aliphatic carbocycles. The lowest BCUT2D eigenvalue weighted by Crippen LogP contribution is -2.33. The average molecular weight is 486 g/mol. The number of amides is 2. The minimum absolute atomic E-state index is 0.117. The molecule has 0 bridgehead atoms. The summed E-state index contributed by atoms with van der Waals surface area (Å²) in [5, 5.41) is 4.74. The Morgan fingerprint density at radius 1 is 0.914 bits per heavy atom. The molecule has 35 heavy (non-hydrogen) atoms. The van der Waals surface area contributed by atoms with E-state index < -0.39 is 42.2 Å². The molecule has 0 aliphatic rings. The predicted molar refractivity (Wildman–Crippen MR) is 121 cm³/mol. The SMILES string of the molecule is COc1cccc(C(=O)NCC(=O)OC(C(=O)Nc2cccc(C(F)(F)F)c2)c2ccccc2)c1. The summed E-state index contributed by atoms with van der Waals surface area (Å²) in [5.41, 5.74) is -0.513. The van der Waals surface area contributed by atoms with Crippen molar-refractivity contribution in [3.8, 4) is 5.75 Å². The van der Waals surface area contributed by atoms with Crippen molar-refractivity contribution in [3.63, 3.8) is 0 Å². The van der Waals surface area contributed by atoms with E-state index in [0.29, 0.717) is 11.3 Å². The Kier molecular flexibility index (Phi) is 8.08. The van der Waals surface area contributed by atoms with Crippen molar-refractivity contribution in [2.24, 2.45) is 0 Å². The molecule has 0 radical (unpaired) electrons. The zero-order chi connectivity index (χ0) is 25.4. The average Bonchev–Trinajstić information content (AvgIpc) is 2.86. The van der Waals surface area contributed by atoms with Gasteiger partial charge in [-0.1, -0.05) is 42.5 Å². The molecule has 0 aromatic heterocycles. The molecule has 0 spiro atoms. The number of benzene rings is 3. The molecule has 0 aliphatic heterocycles. The Bertz CT molecular complexity index is 1200. The van der Waals surface area contributed by atoms with Crippen LogP contribution < -0.4 is 15.4 Å². The number of alkyl halides is 3. The Balaban J connectivity index is 1.70. The summed E-state index contributed by atoms with van der Waals surface area (Å²) in [6.07, 6.45) is -6.06. The van der Waals surface area contributed by atoms with Gasteiger partial charge in [-0.05, 0) is 36.4 Å². The predicted octanol–water partition coefficient (Wildman–Crippen LogP) is 4.37. The molecular weight excluding hydrogens is 465 g/mol. The van der Waals surface area contributed by atoms with Gasteiger partial charge in [0.25, 0.3) is 11.8 Å². The molecule has 2 N–H and O–H groups in total. The van der Waals surface area contributed by atoms with Crippen LogP contribution in [-0.4, -0.2) is 31.4 Å². The van der Waals surface area contributed by atoms with Gasteiger partial charge in [-0.3, -0.25) is 14.4 Å². The van der Waals surface area contributed by atoms with E-state index >= 15 is 0 Å². The molecule has 182 valence electrons. The topological polar surface area (TPSA) is 93.7 Å². The highest BCUT2D eigenvalue weighted by Crippen LogP contribution is 2.31. The van der Waals surface area contributed by atoms with E-state index in [9.17, 15) is 27.6 Å². The number of carbonyl (C=O) groups excluding carboxylic acids is 3. The maximum Gasteiger partial charge on any atom is 0.416 e. The van der Waals surface area contributed by atoms with E-state index in [1.54, 1.807) is 30.3 Å². The second-order valence-electron chi connectivity index (χ2n) is 7.26. The fraction of sp³-hybridized carbons (Fsp3) is 0.160. The summed E-state index contributed by atoms with van der Waals surface area (Å²) in [6, 6.07) is 18.3. The van der Waals surface area contributed by atoms with Gasteiger partial charge in [0.05, 0.1) is 12.7 Å². The minimum Gasteiger partial charge on any atom is -0.497 e. The summed E-state index contributed by atoms with van der Waals surface area (Å²) in [5.74, 6) is -1.89. The van der Waals surface area contributed by atoms with Crippen LogP contribution in [0, 0.1) is 0 Å². The fourth-order valence-electron chi connectivity index (χ4n) is 3.07. The van der Waals surface area contributed by atoms with Gasteiger partial charge in [0.2, 0.25) is 6.10 Å². The molecule has 2 amide bonds. The molecule has 1 atom stereocenters. The first-order valence-electron chi connectivity index (χ1n) is 10.3. The zero-order valence-corrected chi connectivity index (χ0v) is 18.5. The van der Waals surface area contributed by atoms with Gasteiger partial charge >= 0.3 is 12.1 Å². The van der Waals surface area contributed by atoms with Crippen molar-refractivity contribution in [2.75, 3.05) is 19.0 Å². The number of hydrogen-bond donors (Lipinski definition) is 2. The minimum atomic E-state index is -4.59. The molecule has 7 nitrogen and oxygen atoms in total. The first-order valence-corrected chi connectivity index (χ1v) is 10.3. The molecule has 0 heterocycles. The van der Waals surface area contributed by atoms with Crippen LogP contribution in [0.3, 0.4) is 0 Å². The second kappa shape index (κ2) is 11.2. The number of esters is 1. The molecule has 0 fully saturated rings. The summed E-state index contributed by atoms with van der Waals surface area (Å²) < 4.78 is 49.3. The van der Waals surface area contributed by atoms with Gasteiger partial charge < -0.3 is 20.1 Å². The molecule has 3 aromatic rings. The van der Waals surface area contributed by atoms with Crippen molar-refractivity contribution in [2.45, 2.75) is 12.3 Å². The third-order valence-corrected chi connectivity index (χ3v) is 4.77. The Morgan fingerprint density at radius 2 is 1.63 bits per heavy atom. The third kappa shape index (κ3) is 7.07. The highest BCUT2D eigenvalue weighted by Gasteiger charge is 2.31. The molecule has 0 saturated carbocycles. The van der Waals surface area contributed by atoms with Crippen molar-refractivity contribution >= 4 is 23.5 Å². The van der Waals surface area contributed by atoms with Crippen molar-refractivity contribution < 1.29 is 37.0 Å². The molecule has 3 rings (SSSR count). The maximum atomic E-state index is 13.0. The summed E-state index contributed by atoms with van der Waals surface area (Å²) in [6.45, 7) is -0.545. The lowest BCUT2D eigenvalue weighted by Gasteiger charge is -2.19. The van der Waals surface area contributed by atoms with E-state index in [1.165, 1.54) is 37.4 Å². The molecule has 0 saturated heterocycles. The lowest BCUT2D eigenvalue weighted by molar-refractivity contribution is -0.153. The first kappa shape index (κ1) is 25.3. The quantitative estimate of drug-likeness (QED) is 0.462. The van der Waals surface area contributed by atoms with E-state index in [2.05, 4.69) is 10.6 Å². The number of rotatable bonds is 8. The summed E-state index contributed by atoms with van der Waals surface area (Å²) in [4.78, 5) is 37.6. The van der Waals surface area contributed by atoms with E-state index in [0.717, 1.165) is 18.2 Å². The van der Waals surface area contributed by atoms with Crippen LogP contribution in [0.4, 0.5) is 18.9 Å². The summed E-state index contributed by atoms with van der Waals surface area (Å²) in [7, 11) is 1.45. The fourth-order valence-corrected chi connectivity index (χ4v) is 3.07. The van der Waals surface area contributed by atoms with Gasteiger partial charge in [-0.15, -0.1) is 0 Å². The van der Waals surface area contributed by atoms with Crippen molar-refractivity contribution in [1.82, 2.24) is 5.32 Å². The maximum absolute atomic E-state index is 13.0. The smallest absolute Gasteiger partial charge is 0.416 e. The van der Waals surface area contributed by atoms with Crippen LogP contribution in [0.2, 0.25) is 0 Å². The van der Waals surface area contributed by atoms with Gasteiger partial charge in [0.1, 0.15) is 12.3 Å². The highest BCUT2D eigenvalue weighted by atomic mass is 19.4.